The van der Waals surface area contributed by atoms with E-state index in [-0.39, 0.29) is 12.5 Å². The second-order valence-electron chi connectivity index (χ2n) is 8.46. The summed E-state index contributed by atoms with van der Waals surface area (Å²) in [4.78, 5) is 12.5. The topological polar surface area (TPSA) is 126 Å². The van der Waals surface area contributed by atoms with E-state index in [1.807, 2.05) is 60.9 Å². The van der Waals surface area contributed by atoms with Crippen LogP contribution in [0.3, 0.4) is 0 Å². The maximum absolute atomic E-state index is 13.6. The van der Waals surface area contributed by atoms with Crippen LogP contribution in [-0.2, 0) is 27.2 Å². The van der Waals surface area contributed by atoms with Gasteiger partial charge in [0.2, 0.25) is 0 Å². The van der Waals surface area contributed by atoms with Gasteiger partial charge in [0.15, 0.2) is 11.5 Å². The summed E-state index contributed by atoms with van der Waals surface area (Å²) in [6.07, 6.45) is 2.61. The number of para-hydroxylation sites is 1. The van der Waals surface area contributed by atoms with Gasteiger partial charge in [0, 0.05) is 6.54 Å². The minimum absolute atomic E-state index is 0.120. The van der Waals surface area contributed by atoms with Crippen LogP contribution in [0.2, 0.25) is 0 Å². The lowest BCUT2D eigenvalue weighted by Crippen LogP contribution is -2.25. The monoisotopic (exact) mass is 510 g/mol. The number of nitrogen functional groups attached to an aromatic ring is 1. The Kier molecular flexibility index (Phi) is 8.66. The van der Waals surface area contributed by atoms with E-state index in [4.69, 9.17) is 19.7 Å². The molecule has 1 unspecified atom stereocenters. The van der Waals surface area contributed by atoms with Crippen LogP contribution in [0.4, 0.5) is 5.82 Å². The molecule has 0 bridgehead atoms. The van der Waals surface area contributed by atoms with Gasteiger partial charge in [-0.05, 0) is 31.5 Å². The summed E-state index contributed by atoms with van der Waals surface area (Å²) < 4.78 is 33.0. The normalized spacial score (nSPS) is 13.9. The number of ether oxygens (including phenoxy) is 2. The molecule has 2 heterocycles. The maximum atomic E-state index is 13.6. The lowest BCUT2D eigenvalue weighted by Gasteiger charge is -2.23. The lowest BCUT2D eigenvalue weighted by molar-refractivity contribution is 0.0815. The summed E-state index contributed by atoms with van der Waals surface area (Å²) in [5.74, 6) is 0.819. The number of nitrogens with two attached hydrogens (primary N) is 1. The molecular formula is C25H31N6O4P. The van der Waals surface area contributed by atoms with Gasteiger partial charge in [-0.25, -0.2) is 20.0 Å². The minimum atomic E-state index is -3.38. The van der Waals surface area contributed by atoms with Crippen molar-refractivity contribution in [2.75, 3.05) is 25.2 Å². The van der Waals surface area contributed by atoms with E-state index in [9.17, 15) is 4.57 Å². The van der Waals surface area contributed by atoms with Crippen LogP contribution in [0.1, 0.15) is 18.1 Å². The third-order valence-electron chi connectivity index (χ3n) is 5.40. The fourth-order valence-electron chi connectivity index (χ4n) is 3.51. The van der Waals surface area contributed by atoms with Gasteiger partial charge in [-0.15, -0.1) is 0 Å². The molecule has 0 fully saturated rings. The summed E-state index contributed by atoms with van der Waals surface area (Å²) in [6.45, 7) is 5.56. The van der Waals surface area contributed by atoms with Crippen LogP contribution in [0.25, 0.3) is 11.2 Å². The molecule has 10 nitrogen and oxygen atoms in total. The highest BCUT2D eigenvalue weighted by Crippen LogP contribution is 2.43. The number of aryl methyl sites for hydroxylation is 1. The van der Waals surface area contributed by atoms with Gasteiger partial charge in [-0.1, -0.05) is 48.0 Å². The Morgan fingerprint density at radius 1 is 1.08 bits per heavy atom. The zero-order valence-corrected chi connectivity index (χ0v) is 21.3. The quantitative estimate of drug-likeness (QED) is 0.201. The average Bonchev–Trinajstić information content (AvgIpc) is 3.28. The Morgan fingerprint density at radius 3 is 2.64 bits per heavy atom. The molecule has 2 atom stereocenters. The molecule has 0 saturated heterocycles. The van der Waals surface area contributed by atoms with Gasteiger partial charge in [0.25, 0.3) is 0 Å². The fraction of sp³-hybridized carbons (Fsp3) is 0.320. The first kappa shape index (κ1) is 25.8. The summed E-state index contributed by atoms with van der Waals surface area (Å²) in [6, 6.07) is 17.2. The molecule has 11 heteroatoms. The van der Waals surface area contributed by atoms with Crippen LogP contribution in [0.5, 0.6) is 5.75 Å². The molecule has 0 aliphatic heterocycles. The molecule has 4 rings (SSSR count). The summed E-state index contributed by atoms with van der Waals surface area (Å²) >= 11 is 0. The Balaban J connectivity index is 1.32. The molecule has 0 aliphatic carbocycles. The van der Waals surface area contributed by atoms with Gasteiger partial charge >= 0.3 is 7.52 Å². The van der Waals surface area contributed by atoms with Crippen LogP contribution in [0.15, 0.2) is 67.3 Å². The van der Waals surface area contributed by atoms with Crippen molar-refractivity contribution in [2.45, 2.75) is 33.1 Å². The Morgan fingerprint density at radius 2 is 1.86 bits per heavy atom. The molecule has 0 saturated carbocycles. The van der Waals surface area contributed by atoms with Gasteiger partial charge < -0.3 is 24.3 Å². The van der Waals surface area contributed by atoms with Crippen LogP contribution in [0, 0.1) is 6.92 Å². The van der Waals surface area contributed by atoms with Crippen molar-refractivity contribution in [3.63, 3.8) is 0 Å². The Bertz CT molecular complexity index is 1300. The number of hydrogen-bond donors (Lipinski definition) is 2. The first-order valence-corrected chi connectivity index (χ1v) is 13.5. The van der Waals surface area contributed by atoms with Crippen molar-refractivity contribution in [3.05, 3.63) is 78.4 Å². The lowest BCUT2D eigenvalue weighted by atomic mass is 10.2. The third kappa shape index (κ3) is 7.11. The highest BCUT2D eigenvalue weighted by Gasteiger charge is 2.26. The highest BCUT2D eigenvalue weighted by atomic mass is 31.2. The molecule has 0 amide bonds. The number of nitrogens with one attached hydrogen (secondary N) is 1. The molecule has 3 N–H and O–H groups in total. The van der Waals surface area contributed by atoms with Crippen molar-refractivity contribution < 1.29 is 18.6 Å². The second kappa shape index (κ2) is 12.1. The van der Waals surface area contributed by atoms with E-state index in [0.717, 1.165) is 5.56 Å². The van der Waals surface area contributed by atoms with Gasteiger partial charge in [-0.2, -0.15) is 0 Å². The number of aromatic nitrogens is 4. The molecule has 190 valence electrons. The number of fused-ring (bicyclic) bond motifs is 1. The largest absolute Gasteiger partial charge is 0.431 e. The number of rotatable bonds is 13. The molecule has 0 aliphatic rings. The minimum Gasteiger partial charge on any atom is -0.431 e. The zero-order chi connectivity index (χ0) is 25.4. The van der Waals surface area contributed by atoms with E-state index >= 15 is 0 Å². The number of imidazole rings is 1. The molecule has 36 heavy (non-hydrogen) atoms. The van der Waals surface area contributed by atoms with Crippen LogP contribution < -0.4 is 15.3 Å². The SMILES string of the molecule is Cc1ccc(COCCNP(=O)(CO[C@H](C)Cn2cnc3c(N)ncnc32)Oc2ccccc2)cc1. The first-order chi connectivity index (χ1) is 17.4. The van der Waals surface area contributed by atoms with E-state index in [1.54, 1.807) is 18.5 Å². The molecule has 0 spiro atoms. The number of anilines is 1. The molecule has 0 radical (unpaired) electrons. The van der Waals surface area contributed by atoms with Gasteiger partial charge in [0.05, 0.1) is 32.2 Å². The summed E-state index contributed by atoms with van der Waals surface area (Å²) in [5, 5.41) is 3.02. The predicted molar refractivity (Wildman–Crippen MR) is 139 cm³/mol. The molecule has 2 aromatic carbocycles. The van der Waals surface area contributed by atoms with E-state index < -0.39 is 7.52 Å². The smallest absolute Gasteiger partial charge is 0.342 e. The number of benzene rings is 2. The zero-order valence-electron chi connectivity index (χ0n) is 20.4. The van der Waals surface area contributed by atoms with Crippen molar-refractivity contribution >= 4 is 24.5 Å². The number of nitrogens with zero attached hydrogens (tertiary/aromatic N) is 4. The highest BCUT2D eigenvalue weighted by molar-refractivity contribution is 7.57. The van der Waals surface area contributed by atoms with E-state index in [0.29, 0.717) is 49.0 Å². The Hall–Kier alpha value is -3.30. The first-order valence-electron chi connectivity index (χ1n) is 11.7. The van der Waals surface area contributed by atoms with Gasteiger partial charge in [0.1, 0.15) is 23.9 Å². The van der Waals surface area contributed by atoms with Crippen molar-refractivity contribution in [2.24, 2.45) is 0 Å². The van der Waals surface area contributed by atoms with Crippen LogP contribution in [-0.4, -0.2) is 45.1 Å². The van der Waals surface area contributed by atoms with E-state index in [2.05, 4.69) is 20.0 Å². The van der Waals surface area contributed by atoms with Crippen molar-refractivity contribution in [1.29, 1.82) is 0 Å². The van der Waals surface area contributed by atoms with E-state index in [1.165, 1.54) is 11.9 Å². The molecule has 2 aromatic heterocycles. The second-order valence-corrected chi connectivity index (χ2v) is 10.6. The summed E-state index contributed by atoms with van der Waals surface area (Å²) in [5.41, 5.74) is 9.30. The Labute approximate surface area is 210 Å². The maximum Gasteiger partial charge on any atom is 0.342 e. The van der Waals surface area contributed by atoms with Crippen molar-refractivity contribution in [3.8, 4) is 5.75 Å². The molecular weight excluding hydrogens is 479 g/mol. The standard InChI is InChI=1S/C25H31N6O4P/c1-19-8-10-21(11-9-19)15-33-13-12-30-36(32,35-22-6-4-3-5-7-22)18-34-20(2)14-31-17-29-23-24(26)27-16-28-25(23)31/h3-11,16-17,20H,12-15,18H2,1-2H3,(H,30,32)(H2,26,27,28)/t20-,36?/m1/s1. The van der Waals surface area contributed by atoms with Gasteiger partial charge in [-0.3, -0.25) is 4.57 Å². The molecule has 4 aromatic rings. The van der Waals surface area contributed by atoms with Crippen LogP contribution >= 0.6 is 7.52 Å². The predicted octanol–water partition coefficient (Wildman–Crippen LogP) is 4.16. The fourth-order valence-corrected chi connectivity index (χ4v) is 5.06. The number of hydrogen-bond acceptors (Lipinski definition) is 8. The summed E-state index contributed by atoms with van der Waals surface area (Å²) in [7, 11) is -3.38. The van der Waals surface area contributed by atoms with Crippen molar-refractivity contribution in [1.82, 2.24) is 24.6 Å². The third-order valence-corrected chi connectivity index (χ3v) is 7.10. The average molecular weight is 511 g/mol.